The minimum absolute atomic E-state index is 0.0337. The number of nitrogens with one attached hydrogen (secondary N) is 3. The van der Waals surface area contributed by atoms with Crippen LogP contribution in [0.5, 0.6) is 0 Å². The summed E-state index contributed by atoms with van der Waals surface area (Å²) in [7, 11) is 0. The lowest BCUT2D eigenvalue weighted by Gasteiger charge is -2.04. The minimum Gasteiger partial charge on any atom is -0.463 e. The van der Waals surface area contributed by atoms with E-state index in [1.54, 1.807) is 18.2 Å². The minimum atomic E-state index is -0.476. The second-order valence-electron chi connectivity index (χ2n) is 5.48. The molecule has 7 nitrogen and oxygen atoms in total. The maximum Gasteiger partial charge on any atom is 0.261 e. The van der Waals surface area contributed by atoms with E-state index in [4.69, 9.17) is 4.42 Å². The number of benzene rings is 1. The lowest BCUT2D eigenvalue weighted by Crippen LogP contribution is -2.29. The van der Waals surface area contributed by atoms with Crippen molar-refractivity contribution in [2.75, 3.05) is 0 Å². The van der Waals surface area contributed by atoms with Crippen molar-refractivity contribution < 1.29 is 9.21 Å². The highest BCUT2D eigenvalue weighted by Crippen LogP contribution is 2.15. The fourth-order valence-electron chi connectivity index (χ4n) is 2.58. The number of carbonyl (C=O) groups excluding carboxylic acids is 1. The van der Waals surface area contributed by atoms with Gasteiger partial charge >= 0.3 is 0 Å². The van der Waals surface area contributed by atoms with Gasteiger partial charge in [-0.3, -0.25) is 9.59 Å². The average molecular weight is 334 g/mol. The Morgan fingerprint density at radius 1 is 1.08 bits per heavy atom. The van der Waals surface area contributed by atoms with Crippen LogP contribution in [0.3, 0.4) is 0 Å². The Kier molecular flexibility index (Phi) is 3.66. The fraction of sp³-hybridized carbons (Fsp3) is 0.0556. The van der Waals surface area contributed by atoms with Gasteiger partial charge < -0.3 is 19.7 Å². The number of imidazole rings is 1. The molecular weight excluding hydrogens is 320 g/mol. The number of pyridine rings is 1. The lowest BCUT2D eigenvalue weighted by atomic mass is 10.2. The second kappa shape index (κ2) is 6.12. The Hall–Kier alpha value is -3.61. The number of para-hydroxylation sites is 2. The van der Waals surface area contributed by atoms with Gasteiger partial charge in [0, 0.05) is 0 Å². The maximum absolute atomic E-state index is 12.3. The van der Waals surface area contributed by atoms with Crippen LogP contribution < -0.4 is 10.9 Å². The molecule has 0 aliphatic heterocycles. The van der Waals surface area contributed by atoms with Gasteiger partial charge in [-0.2, -0.15) is 0 Å². The number of amides is 1. The number of aromatic nitrogens is 3. The van der Waals surface area contributed by atoms with Crippen LogP contribution in [0.25, 0.3) is 22.5 Å². The third-order valence-electron chi connectivity index (χ3n) is 3.80. The third kappa shape index (κ3) is 2.94. The number of nitrogens with zero attached hydrogens (tertiary/aromatic N) is 1. The topological polar surface area (TPSA) is 104 Å². The highest BCUT2D eigenvalue weighted by molar-refractivity contribution is 5.94. The van der Waals surface area contributed by atoms with Crippen molar-refractivity contribution in [2.24, 2.45) is 0 Å². The molecule has 0 bridgehead atoms. The molecule has 3 aromatic heterocycles. The van der Waals surface area contributed by atoms with Crippen molar-refractivity contribution in [3.8, 4) is 11.5 Å². The number of furan rings is 1. The third-order valence-corrected chi connectivity index (χ3v) is 3.80. The number of fused-ring (bicyclic) bond motifs is 1. The molecule has 25 heavy (non-hydrogen) atoms. The molecule has 4 aromatic rings. The van der Waals surface area contributed by atoms with E-state index >= 15 is 0 Å². The summed E-state index contributed by atoms with van der Waals surface area (Å²) in [6.07, 6.45) is 1.52. The summed E-state index contributed by atoms with van der Waals surface area (Å²) in [6, 6.07) is 14.2. The van der Waals surface area contributed by atoms with Gasteiger partial charge in [0.25, 0.3) is 11.5 Å². The van der Waals surface area contributed by atoms with E-state index in [0.29, 0.717) is 17.3 Å². The van der Waals surface area contributed by atoms with E-state index in [1.807, 2.05) is 24.3 Å². The van der Waals surface area contributed by atoms with Crippen molar-refractivity contribution in [3.63, 3.8) is 0 Å². The van der Waals surface area contributed by atoms with E-state index in [9.17, 15) is 9.59 Å². The van der Waals surface area contributed by atoms with Crippen molar-refractivity contribution >= 4 is 16.9 Å². The highest BCUT2D eigenvalue weighted by Gasteiger charge is 2.13. The van der Waals surface area contributed by atoms with Crippen LogP contribution in [0, 0.1) is 0 Å². The quantitative estimate of drug-likeness (QED) is 0.533. The zero-order valence-electron chi connectivity index (χ0n) is 13.1. The lowest BCUT2D eigenvalue weighted by molar-refractivity contribution is 0.0948. The second-order valence-corrected chi connectivity index (χ2v) is 5.48. The van der Waals surface area contributed by atoms with E-state index in [-0.39, 0.29) is 12.1 Å². The fourth-order valence-corrected chi connectivity index (χ4v) is 2.58. The Morgan fingerprint density at radius 3 is 2.72 bits per heavy atom. The van der Waals surface area contributed by atoms with Crippen LogP contribution in [0.2, 0.25) is 0 Å². The van der Waals surface area contributed by atoms with E-state index < -0.39 is 11.5 Å². The smallest absolute Gasteiger partial charge is 0.261 e. The summed E-state index contributed by atoms with van der Waals surface area (Å²) in [5, 5.41) is 2.70. The molecule has 0 aliphatic rings. The Labute approximate surface area is 141 Å². The molecule has 3 heterocycles. The van der Waals surface area contributed by atoms with Crippen LogP contribution in [0.15, 0.2) is 64.0 Å². The predicted octanol–water partition coefficient (Wildman–Crippen LogP) is 2.44. The largest absolute Gasteiger partial charge is 0.463 e. The molecule has 1 aromatic carbocycles. The zero-order valence-corrected chi connectivity index (χ0v) is 13.1. The first-order chi connectivity index (χ1) is 12.2. The van der Waals surface area contributed by atoms with Crippen molar-refractivity contribution in [1.29, 1.82) is 0 Å². The molecule has 7 heteroatoms. The number of aromatic amines is 2. The molecule has 0 saturated carbocycles. The number of rotatable bonds is 4. The molecule has 3 N–H and O–H groups in total. The Bertz CT molecular complexity index is 1060. The summed E-state index contributed by atoms with van der Waals surface area (Å²) in [5.41, 5.74) is 1.80. The number of H-pyrrole nitrogens is 2. The van der Waals surface area contributed by atoms with Crippen molar-refractivity contribution in [1.82, 2.24) is 20.3 Å². The SMILES string of the molecule is O=C(NCc1nc2ccccc2[nH]1)c1ccc(-c2ccco2)[nH]c1=O. The molecule has 0 atom stereocenters. The van der Waals surface area contributed by atoms with E-state index in [0.717, 1.165) is 11.0 Å². The molecule has 0 fully saturated rings. The standard InChI is InChI=1S/C18H14N4O3/c23-17(19-10-16-20-12-4-1-2-5-13(12)21-16)11-7-8-14(22-18(11)24)15-6-3-9-25-15/h1-9H,10H2,(H,19,23)(H,20,21)(H,22,24). The van der Waals surface area contributed by atoms with Gasteiger partial charge in [-0.15, -0.1) is 0 Å². The first kappa shape index (κ1) is 14.9. The van der Waals surface area contributed by atoms with Gasteiger partial charge in [-0.25, -0.2) is 4.98 Å². The van der Waals surface area contributed by atoms with E-state index in [1.165, 1.54) is 12.3 Å². The predicted molar refractivity (Wildman–Crippen MR) is 92.0 cm³/mol. The Morgan fingerprint density at radius 2 is 1.96 bits per heavy atom. The summed E-state index contributed by atoms with van der Waals surface area (Å²) in [4.78, 5) is 34.5. The first-order valence-corrected chi connectivity index (χ1v) is 7.70. The van der Waals surface area contributed by atoms with Crippen LogP contribution in [-0.2, 0) is 6.54 Å². The number of hydrogen-bond acceptors (Lipinski definition) is 4. The molecule has 0 spiro atoms. The molecule has 4 rings (SSSR count). The first-order valence-electron chi connectivity index (χ1n) is 7.70. The van der Waals surface area contributed by atoms with Crippen LogP contribution >= 0.6 is 0 Å². The maximum atomic E-state index is 12.3. The van der Waals surface area contributed by atoms with Gasteiger partial charge in [0.1, 0.15) is 17.1 Å². The van der Waals surface area contributed by atoms with Gasteiger partial charge in [0.2, 0.25) is 0 Å². The van der Waals surface area contributed by atoms with Crippen LogP contribution in [-0.4, -0.2) is 20.9 Å². The summed E-state index contributed by atoms with van der Waals surface area (Å²) < 4.78 is 5.23. The Balaban J connectivity index is 1.50. The monoisotopic (exact) mass is 334 g/mol. The van der Waals surface area contributed by atoms with Gasteiger partial charge in [0.05, 0.1) is 29.5 Å². The van der Waals surface area contributed by atoms with Crippen LogP contribution in [0.4, 0.5) is 0 Å². The molecule has 1 amide bonds. The molecule has 124 valence electrons. The molecule has 0 radical (unpaired) electrons. The highest BCUT2D eigenvalue weighted by atomic mass is 16.3. The van der Waals surface area contributed by atoms with Crippen molar-refractivity contribution in [3.05, 3.63) is 76.5 Å². The molecule has 0 aliphatic carbocycles. The molecule has 0 unspecified atom stereocenters. The molecular formula is C18H14N4O3. The summed E-state index contributed by atoms with van der Waals surface area (Å²) in [6.45, 7) is 0.201. The number of carbonyl (C=O) groups is 1. The average Bonchev–Trinajstić information content (AvgIpc) is 3.28. The van der Waals surface area contributed by atoms with Gasteiger partial charge in [0.15, 0.2) is 0 Å². The van der Waals surface area contributed by atoms with Crippen molar-refractivity contribution in [2.45, 2.75) is 6.54 Å². The number of hydrogen-bond donors (Lipinski definition) is 3. The van der Waals surface area contributed by atoms with Crippen LogP contribution in [0.1, 0.15) is 16.2 Å². The molecule has 0 saturated heterocycles. The van der Waals surface area contributed by atoms with Gasteiger partial charge in [-0.1, -0.05) is 12.1 Å². The van der Waals surface area contributed by atoms with Gasteiger partial charge in [-0.05, 0) is 36.4 Å². The zero-order chi connectivity index (χ0) is 17.2. The normalized spacial score (nSPS) is 10.9. The van der Waals surface area contributed by atoms with E-state index in [2.05, 4.69) is 20.3 Å². The summed E-state index contributed by atoms with van der Waals surface area (Å²) >= 11 is 0. The summed E-state index contributed by atoms with van der Waals surface area (Å²) in [5.74, 6) is 0.692.